The number of unbranched alkanes of at least 4 members (excludes halogenated alkanes) is 2. The standard InChI is InChI=1S/C18H30N2O3/c1-4-5-6-11-19-18(22)15-7-9-17(10-8-15)23-13-16(21)12-20-14(2)3/h7-10,14,16,20-21H,4-6,11-13H2,1-3H3,(H,19,22)/t16-/m0/s1. The van der Waals surface area contributed by atoms with E-state index in [4.69, 9.17) is 4.74 Å². The Morgan fingerprint density at radius 1 is 1.22 bits per heavy atom. The van der Waals surface area contributed by atoms with E-state index in [0.717, 1.165) is 19.3 Å². The van der Waals surface area contributed by atoms with E-state index in [1.165, 1.54) is 0 Å². The number of aliphatic hydroxyl groups excluding tert-OH is 1. The molecular formula is C18H30N2O3. The number of hydrogen-bond acceptors (Lipinski definition) is 4. The van der Waals surface area contributed by atoms with E-state index in [1.54, 1.807) is 24.3 Å². The van der Waals surface area contributed by atoms with E-state index in [-0.39, 0.29) is 12.5 Å². The summed E-state index contributed by atoms with van der Waals surface area (Å²) in [5, 5.41) is 15.8. The third-order valence-corrected chi connectivity index (χ3v) is 3.39. The Balaban J connectivity index is 2.33. The lowest BCUT2D eigenvalue weighted by molar-refractivity contribution is 0.0952. The van der Waals surface area contributed by atoms with E-state index in [1.807, 2.05) is 13.8 Å². The number of hydrogen-bond donors (Lipinski definition) is 3. The van der Waals surface area contributed by atoms with Crippen LogP contribution >= 0.6 is 0 Å². The predicted octanol–water partition coefficient (Wildman–Crippen LogP) is 2.34. The molecule has 1 aromatic rings. The minimum absolute atomic E-state index is 0.0613. The lowest BCUT2D eigenvalue weighted by Crippen LogP contribution is -2.35. The maximum absolute atomic E-state index is 11.9. The first kappa shape index (κ1) is 19.5. The number of carbonyl (C=O) groups is 1. The molecule has 0 heterocycles. The number of amides is 1. The molecule has 0 saturated heterocycles. The quantitative estimate of drug-likeness (QED) is 0.547. The molecule has 23 heavy (non-hydrogen) atoms. The van der Waals surface area contributed by atoms with E-state index < -0.39 is 6.10 Å². The zero-order chi connectivity index (χ0) is 17.1. The summed E-state index contributed by atoms with van der Waals surface area (Å²) in [7, 11) is 0. The largest absolute Gasteiger partial charge is 0.491 e. The first-order valence-corrected chi connectivity index (χ1v) is 8.45. The van der Waals surface area contributed by atoms with Crippen LogP contribution in [0.4, 0.5) is 0 Å². The molecule has 0 fully saturated rings. The number of rotatable bonds is 11. The molecule has 0 radical (unpaired) electrons. The van der Waals surface area contributed by atoms with Crippen LogP contribution < -0.4 is 15.4 Å². The van der Waals surface area contributed by atoms with Gasteiger partial charge < -0.3 is 20.5 Å². The second-order valence-electron chi connectivity index (χ2n) is 6.02. The monoisotopic (exact) mass is 322 g/mol. The molecular weight excluding hydrogens is 292 g/mol. The molecule has 0 unspecified atom stereocenters. The summed E-state index contributed by atoms with van der Waals surface area (Å²) < 4.78 is 5.53. The van der Waals surface area contributed by atoms with Crippen LogP contribution in [0.25, 0.3) is 0 Å². The van der Waals surface area contributed by atoms with Gasteiger partial charge in [-0.2, -0.15) is 0 Å². The molecule has 0 saturated carbocycles. The molecule has 1 rings (SSSR count). The van der Waals surface area contributed by atoms with Gasteiger partial charge in [-0.1, -0.05) is 33.6 Å². The first-order valence-electron chi connectivity index (χ1n) is 8.45. The van der Waals surface area contributed by atoms with Gasteiger partial charge in [0.2, 0.25) is 0 Å². The fraction of sp³-hybridized carbons (Fsp3) is 0.611. The topological polar surface area (TPSA) is 70.6 Å². The van der Waals surface area contributed by atoms with E-state index in [9.17, 15) is 9.90 Å². The van der Waals surface area contributed by atoms with Crippen molar-refractivity contribution in [2.75, 3.05) is 19.7 Å². The molecule has 1 amide bonds. The third-order valence-electron chi connectivity index (χ3n) is 3.39. The van der Waals surface area contributed by atoms with Crippen LogP contribution in [0.5, 0.6) is 5.75 Å². The van der Waals surface area contributed by atoms with E-state index in [0.29, 0.717) is 30.4 Å². The second kappa shape index (κ2) is 11.0. The highest BCUT2D eigenvalue weighted by Gasteiger charge is 2.08. The van der Waals surface area contributed by atoms with Crippen molar-refractivity contribution >= 4 is 5.91 Å². The molecule has 1 aromatic carbocycles. The number of ether oxygens (including phenoxy) is 1. The van der Waals surface area contributed by atoms with Gasteiger partial charge in [0, 0.05) is 24.7 Å². The lowest BCUT2D eigenvalue weighted by Gasteiger charge is -2.15. The van der Waals surface area contributed by atoms with Crippen molar-refractivity contribution in [3.8, 4) is 5.75 Å². The van der Waals surface area contributed by atoms with Crippen LogP contribution in [0.1, 0.15) is 50.4 Å². The summed E-state index contributed by atoms with van der Waals surface area (Å²) >= 11 is 0. The number of benzene rings is 1. The summed E-state index contributed by atoms with van der Waals surface area (Å²) in [4.78, 5) is 11.9. The highest BCUT2D eigenvalue weighted by atomic mass is 16.5. The van der Waals surface area contributed by atoms with Crippen molar-refractivity contribution in [1.29, 1.82) is 0 Å². The Bertz CT molecular complexity index is 446. The number of aliphatic hydroxyl groups is 1. The van der Waals surface area contributed by atoms with Crippen molar-refractivity contribution in [2.45, 2.75) is 52.2 Å². The van der Waals surface area contributed by atoms with Gasteiger partial charge in [0.25, 0.3) is 5.91 Å². The maximum atomic E-state index is 11.9. The Hall–Kier alpha value is -1.59. The molecule has 0 spiro atoms. The zero-order valence-electron chi connectivity index (χ0n) is 14.5. The van der Waals surface area contributed by atoms with Gasteiger partial charge in [-0.15, -0.1) is 0 Å². The zero-order valence-corrected chi connectivity index (χ0v) is 14.5. The SMILES string of the molecule is CCCCCNC(=O)c1ccc(OC[C@@H](O)CNC(C)C)cc1. The van der Waals surface area contributed by atoms with Crippen molar-refractivity contribution in [1.82, 2.24) is 10.6 Å². The minimum Gasteiger partial charge on any atom is -0.491 e. The summed E-state index contributed by atoms with van der Waals surface area (Å²) in [6, 6.07) is 7.32. The molecule has 0 bridgehead atoms. The highest BCUT2D eigenvalue weighted by molar-refractivity contribution is 5.94. The number of nitrogens with one attached hydrogen (secondary N) is 2. The van der Waals surface area contributed by atoms with Crippen molar-refractivity contribution < 1.29 is 14.6 Å². The highest BCUT2D eigenvalue weighted by Crippen LogP contribution is 2.12. The van der Waals surface area contributed by atoms with Crippen molar-refractivity contribution in [3.63, 3.8) is 0 Å². The third kappa shape index (κ3) is 8.57. The Kier molecular flexibility index (Phi) is 9.33. The van der Waals surface area contributed by atoms with Crippen molar-refractivity contribution in [2.24, 2.45) is 0 Å². The van der Waals surface area contributed by atoms with Crippen LogP contribution in [-0.2, 0) is 0 Å². The van der Waals surface area contributed by atoms with Gasteiger partial charge in [-0.05, 0) is 30.7 Å². The molecule has 5 heteroatoms. The first-order chi connectivity index (χ1) is 11.0. The molecule has 0 aromatic heterocycles. The Morgan fingerprint density at radius 3 is 2.52 bits per heavy atom. The molecule has 1 atom stereocenters. The summed E-state index contributed by atoms with van der Waals surface area (Å²) in [5.74, 6) is 0.588. The summed E-state index contributed by atoms with van der Waals surface area (Å²) in [6.45, 7) is 7.62. The van der Waals surface area contributed by atoms with E-state index >= 15 is 0 Å². The molecule has 5 nitrogen and oxygen atoms in total. The fourth-order valence-electron chi connectivity index (χ4n) is 2.00. The molecule has 3 N–H and O–H groups in total. The van der Waals surface area contributed by atoms with Crippen LogP contribution in [0.3, 0.4) is 0 Å². The van der Waals surface area contributed by atoms with E-state index in [2.05, 4.69) is 17.6 Å². The van der Waals surface area contributed by atoms with Crippen molar-refractivity contribution in [3.05, 3.63) is 29.8 Å². The molecule has 0 aliphatic carbocycles. The van der Waals surface area contributed by atoms with Gasteiger partial charge in [0.15, 0.2) is 0 Å². The Morgan fingerprint density at radius 2 is 1.91 bits per heavy atom. The normalized spacial score (nSPS) is 12.2. The van der Waals surface area contributed by atoms with Crippen LogP contribution in [-0.4, -0.2) is 42.9 Å². The molecule has 0 aliphatic rings. The maximum Gasteiger partial charge on any atom is 0.251 e. The average Bonchev–Trinajstić information content (AvgIpc) is 2.55. The summed E-state index contributed by atoms with van der Waals surface area (Å²) in [5.41, 5.74) is 0.621. The fourth-order valence-corrected chi connectivity index (χ4v) is 2.00. The summed E-state index contributed by atoms with van der Waals surface area (Å²) in [6.07, 6.45) is 2.71. The smallest absolute Gasteiger partial charge is 0.251 e. The van der Waals surface area contributed by atoms with Crippen LogP contribution in [0.15, 0.2) is 24.3 Å². The van der Waals surface area contributed by atoms with Gasteiger partial charge in [0.1, 0.15) is 18.5 Å². The lowest BCUT2D eigenvalue weighted by atomic mass is 10.2. The second-order valence-corrected chi connectivity index (χ2v) is 6.02. The Labute approximate surface area is 139 Å². The predicted molar refractivity (Wildman–Crippen MR) is 92.9 cm³/mol. The van der Waals surface area contributed by atoms with Gasteiger partial charge in [-0.25, -0.2) is 0 Å². The van der Waals surface area contributed by atoms with Crippen LogP contribution in [0.2, 0.25) is 0 Å². The van der Waals surface area contributed by atoms with Crippen LogP contribution in [0, 0.1) is 0 Å². The molecule has 130 valence electrons. The van der Waals surface area contributed by atoms with Gasteiger partial charge in [0.05, 0.1) is 0 Å². The van der Waals surface area contributed by atoms with Gasteiger partial charge in [-0.3, -0.25) is 4.79 Å². The van der Waals surface area contributed by atoms with Gasteiger partial charge >= 0.3 is 0 Å². The average molecular weight is 322 g/mol. The number of carbonyl (C=O) groups excluding carboxylic acids is 1. The molecule has 0 aliphatic heterocycles. The minimum atomic E-state index is -0.557.